The van der Waals surface area contributed by atoms with Gasteiger partial charge in [-0.1, -0.05) is 0 Å². The number of nitrogens with zero attached hydrogens (tertiary/aromatic N) is 3. The first-order valence-electron chi connectivity index (χ1n) is 6.80. The molecule has 1 fully saturated rings. The third-order valence-corrected chi connectivity index (χ3v) is 3.55. The van der Waals surface area contributed by atoms with Crippen LogP contribution in [-0.2, 0) is 9.53 Å². The number of anilines is 1. The standard InChI is InChI=1S/C14H17N5O2/c1-15-12-9-21-8-10(12)14(20)18-11-4-2-5-16-13(11)19-7-3-6-17-19/h2-7,10,12,15H,8-9H2,1H3,(H,18,20). The van der Waals surface area contributed by atoms with E-state index in [1.54, 1.807) is 29.3 Å². The number of likely N-dealkylation sites (N-methyl/N-ethyl adjacent to an activating group) is 1. The zero-order chi connectivity index (χ0) is 14.7. The average Bonchev–Trinajstić information content (AvgIpc) is 3.19. The lowest BCUT2D eigenvalue weighted by Gasteiger charge is -2.17. The average molecular weight is 287 g/mol. The summed E-state index contributed by atoms with van der Waals surface area (Å²) >= 11 is 0. The van der Waals surface area contributed by atoms with Gasteiger partial charge in [0.15, 0.2) is 5.82 Å². The van der Waals surface area contributed by atoms with Crippen LogP contribution in [0.5, 0.6) is 0 Å². The number of hydrogen-bond donors (Lipinski definition) is 2. The van der Waals surface area contributed by atoms with Gasteiger partial charge in [-0.25, -0.2) is 9.67 Å². The second-order valence-corrected chi connectivity index (χ2v) is 4.85. The van der Waals surface area contributed by atoms with E-state index in [4.69, 9.17) is 4.74 Å². The zero-order valence-electron chi connectivity index (χ0n) is 11.7. The maximum atomic E-state index is 12.4. The van der Waals surface area contributed by atoms with Gasteiger partial charge in [0.05, 0.1) is 24.8 Å². The highest BCUT2D eigenvalue weighted by Crippen LogP contribution is 2.20. The molecule has 7 nitrogen and oxygen atoms in total. The molecule has 2 unspecified atom stereocenters. The van der Waals surface area contributed by atoms with E-state index in [9.17, 15) is 4.79 Å². The number of carbonyl (C=O) groups excluding carboxylic acids is 1. The molecule has 0 aliphatic carbocycles. The highest BCUT2D eigenvalue weighted by molar-refractivity contribution is 5.94. The van der Waals surface area contributed by atoms with E-state index in [0.717, 1.165) is 0 Å². The fraction of sp³-hybridized carbons (Fsp3) is 0.357. The Hall–Kier alpha value is -2.25. The molecule has 3 heterocycles. The number of rotatable bonds is 4. The molecule has 1 amide bonds. The Kier molecular flexibility index (Phi) is 3.94. The highest BCUT2D eigenvalue weighted by Gasteiger charge is 2.33. The Morgan fingerprint density at radius 3 is 3.05 bits per heavy atom. The summed E-state index contributed by atoms with van der Waals surface area (Å²) in [6, 6.07) is 5.44. The molecule has 0 aromatic carbocycles. The fourth-order valence-corrected chi connectivity index (χ4v) is 2.39. The summed E-state index contributed by atoms with van der Waals surface area (Å²) in [5.74, 6) is 0.310. The van der Waals surface area contributed by atoms with E-state index < -0.39 is 0 Å². The predicted molar refractivity (Wildman–Crippen MR) is 77.1 cm³/mol. The SMILES string of the molecule is CNC1COCC1C(=O)Nc1cccnc1-n1cccn1. The predicted octanol–water partition coefficient (Wildman–Crippen LogP) is 0.440. The summed E-state index contributed by atoms with van der Waals surface area (Å²) in [6.45, 7) is 0.975. The van der Waals surface area contributed by atoms with Crippen molar-refractivity contribution < 1.29 is 9.53 Å². The van der Waals surface area contributed by atoms with E-state index in [-0.39, 0.29) is 17.9 Å². The van der Waals surface area contributed by atoms with Crippen molar-refractivity contribution in [2.75, 3.05) is 25.6 Å². The lowest BCUT2D eigenvalue weighted by atomic mass is 10.0. The van der Waals surface area contributed by atoms with Crippen LogP contribution in [0, 0.1) is 5.92 Å². The Labute approximate surface area is 122 Å². The van der Waals surface area contributed by atoms with Gasteiger partial charge in [-0.2, -0.15) is 5.10 Å². The van der Waals surface area contributed by atoms with Gasteiger partial charge >= 0.3 is 0 Å². The van der Waals surface area contributed by atoms with Crippen LogP contribution < -0.4 is 10.6 Å². The largest absolute Gasteiger partial charge is 0.379 e. The number of hydrogen-bond acceptors (Lipinski definition) is 5. The first-order valence-corrected chi connectivity index (χ1v) is 6.80. The Morgan fingerprint density at radius 2 is 2.29 bits per heavy atom. The molecule has 1 aliphatic rings. The maximum Gasteiger partial charge on any atom is 0.231 e. The van der Waals surface area contributed by atoms with Crippen LogP contribution >= 0.6 is 0 Å². The number of pyridine rings is 1. The minimum Gasteiger partial charge on any atom is -0.379 e. The molecule has 0 spiro atoms. The van der Waals surface area contributed by atoms with Crippen molar-refractivity contribution in [3.8, 4) is 5.82 Å². The summed E-state index contributed by atoms with van der Waals surface area (Å²) < 4.78 is 6.99. The van der Waals surface area contributed by atoms with Crippen LogP contribution in [0.1, 0.15) is 0 Å². The first kappa shape index (κ1) is 13.7. The molecule has 1 aliphatic heterocycles. The van der Waals surface area contributed by atoms with Crippen LogP contribution in [0.25, 0.3) is 5.82 Å². The molecular formula is C14H17N5O2. The molecule has 3 rings (SSSR count). The van der Waals surface area contributed by atoms with Crippen LogP contribution in [0.15, 0.2) is 36.8 Å². The molecule has 2 N–H and O–H groups in total. The Morgan fingerprint density at radius 1 is 1.38 bits per heavy atom. The molecule has 2 aromatic heterocycles. The van der Waals surface area contributed by atoms with Gasteiger partial charge in [-0.3, -0.25) is 4.79 Å². The molecule has 2 atom stereocenters. The number of amides is 1. The highest BCUT2D eigenvalue weighted by atomic mass is 16.5. The van der Waals surface area contributed by atoms with Crippen LogP contribution in [0.3, 0.4) is 0 Å². The number of carbonyl (C=O) groups is 1. The molecule has 0 bridgehead atoms. The van der Waals surface area contributed by atoms with Crippen molar-refractivity contribution in [3.63, 3.8) is 0 Å². The fourth-order valence-electron chi connectivity index (χ4n) is 2.39. The molecule has 21 heavy (non-hydrogen) atoms. The summed E-state index contributed by atoms with van der Waals surface area (Å²) in [5, 5.41) is 10.2. The summed E-state index contributed by atoms with van der Waals surface area (Å²) in [5.41, 5.74) is 0.632. The van der Waals surface area contributed by atoms with Crippen LogP contribution in [0.2, 0.25) is 0 Å². The number of ether oxygens (including phenoxy) is 1. The number of aromatic nitrogens is 3. The third kappa shape index (κ3) is 2.79. The molecule has 2 aromatic rings. The summed E-state index contributed by atoms with van der Waals surface area (Å²) in [4.78, 5) is 16.7. The van der Waals surface area contributed by atoms with Crippen LogP contribution in [0.4, 0.5) is 5.69 Å². The molecule has 1 saturated heterocycles. The first-order chi connectivity index (χ1) is 10.3. The Balaban J connectivity index is 1.81. The van der Waals surface area contributed by atoms with Crippen molar-refractivity contribution in [1.82, 2.24) is 20.1 Å². The van der Waals surface area contributed by atoms with Gasteiger partial charge in [0.1, 0.15) is 0 Å². The van der Waals surface area contributed by atoms with Crippen molar-refractivity contribution in [1.29, 1.82) is 0 Å². The van der Waals surface area contributed by atoms with E-state index in [1.807, 2.05) is 19.2 Å². The molecule has 110 valence electrons. The van der Waals surface area contributed by atoms with Crippen molar-refractivity contribution >= 4 is 11.6 Å². The van der Waals surface area contributed by atoms with E-state index in [1.165, 1.54) is 0 Å². The zero-order valence-corrected chi connectivity index (χ0v) is 11.7. The summed E-state index contributed by atoms with van der Waals surface area (Å²) in [6.07, 6.45) is 5.12. The van der Waals surface area contributed by atoms with Gasteiger partial charge in [0.2, 0.25) is 5.91 Å². The molecule has 0 saturated carbocycles. The maximum absolute atomic E-state index is 12.4. The second-order valence-electron chi connectivity index (χ2n) is 4.85. The quantitative estimate of drug-likeness (QED) is 0.853. The van der Waals surface area contributed by atoms with E-state index >= 15 is 0 Å². The van der Waals surface area contributed by atoms with Gasteiger partial charge < -0.3 is 15.4 Å². The minimum absolute atomic E-state index is 0.0369. The minimum atomic E-state index is -0.208. The van der Waals surface area contributed by atoms with Crippen molar-refractivity contribution in [3.05, 3.63) is 36.8 Å². The van der Waals surface area contributed by atoms with Gasteiger partial charge in [0, 0.05) is 24.6 Å². The second kappa shape index (κ2) is 6.02. The lowest BCUT2D eigenvalue weighted by Crippen LogP contribution is -2.39. The lowest BCUT2D eigenvalue weighted by molar-refractivity contribution is -0.120. The van der Waals surface area contributed by atoms with Crippen molar-refractivity contribution in [2.24, 2.45) is 5.92 Å². The smallest absolute Gasteiger partial charge is 0.231 e. The molecule has 7 heteroatoms. The van der Waals surface area contributed by atoms with Crippen LogP contribution in [-0.4, -0.2) is 47.0 Å². The number of nitrogens with one attached hydrogen (secondary N) is 2. The van der Waals surface area contributed by atoms with E-state index in [0.29, 0.717) is 24.7 Å². The molecular weight excluding hydrogens is 270 g/mol. The topological polar surface area (TPSA) is 81.1 Å². The van der Waals surface area contributed by atoms with E-state index in [2.05, 4.69) is 20.7 Å². The van der Waals surface area contributed by atoms with Gasteiger partial charge in [-0.05, 0) is 25.2 Å². The normalized spacial score (nSPS) is 21.4. The molecule has 0 radical (unpaired) electrons. The van der Waals surface area contributed by atoms with Gasteiger partial charge in [0.25, 0.3) is 0 Å². The Bertz CT molecular complexity index is 614. The van der Waals surface area contributed by atoms with Crippen molar-refractivity contribution in [2.45, 2.75) is 6.04 Å². The summed E-state index contributed by atoms with van der Waals surface area (Å²) in [7, 11) is 1.83. The third-order valence-electron chi connectivity index (χ3n) is 3.55. The monoisotopic (exact) mass is 287 g/mol. The van der Waals surface area contributed by atoms with Gasteiger partial charge in [-0.15, -0.1) is 0 Å².